The maximum Gasteiger partial charge on any atom is 2.00 e. The number of aromatic nitrogens is 2. The van der Waals surface area contributed by atoms with Crippen molar-refractivity contribution in [2.45, 2.75) is 6.92 Å². The summed E-state index contributed by atoms with van der Waals surface area (Å²) in [6.45, 7) is 1.54. The van der Waals surface area contributed by atoms with E-state index in [9.17, 15) is 0 Å². The van der Waals surface area contributed by atoms with Gasteiger partial charge in [-0.1, -0.05) is 18.2 Å². The van der Waals surface area contributed by atoms with Crippen LogP contribution in [0.25, 0.3) is 22.6 Å². The van der Waals surface area contributed by atoms with E-state index >= 15 is 0 Å². The monoisotopic (exact) mass is 465 g/mol. The van der Waals surface area contributed by atoms with Crippen molar-refractivity contribution >= 4 is 0 Å². The van der Waals surface area contributed by atoms with Crippen molar-refractivity contribution in [3.63, 3.8) is 0 Å². The van der Waals surface area contributed by atoms with E-state index in [0.29, 0.717) is 0 Å². The first kappa shape index (κ1) is 17.8. The van der Waals surface area contributed by atoms with Crippen LogP contribution in [0.4, 0.5) is 0 Å². The van der Waals surface area contributed by atoms with Crippen LogP contribution in [0.1, 0.15) is 6.92 Å². The predicted octanol–water partition coefficient (Wildman–Crippen LogP) is 4.20. The number of hydrogen-bond acceptors (Lipinski definition) is 2. The van der Waals surface area contributed by atoms with Gasteiger partial charge in [-0.25, -0.2) is 0 Å². The summed E-state index contributed by atoms with van der Waals surface area (Å²) in [7, 11) is 0. The van der Waals surface area contributed by atoms with Gasteiger partial charge in [0.1, 0.15) is 0 Å². The zero-order valence-electron chi connectivity index (χ0n) is 12.1. The molecular formula is C19H14N2Pt. The van der Waals surface area contributed by atoms with Crippen LogP contribution < -0.4 is 0 Å². The Morgan fingerprint density at radius 2 is 1.59 bits per heavy atom. The van der Waals surface area contributed by atoms with Gasteiger partial charge in [0.25, 0.3) is 0 Å². The number of pyridine rings is 2. The van der Waals surface area contributed by atoms with Crippen LogP contribution in [0.15, 0.2) is 66.9 Å². The van der Waals surface area contributed by atoms with Gasteiger partial charge in [0.2, 0.25) is 0 Å². The van der Waals surface area contributed by atoms with E-state index in [2.05, 4.69) is 16.0 Å². The SMILES string of the molecule is [C-]#CC.[Pt+2].[c-]1ccccc1-c1cccc(-c2ccccn2)n1. The third kappa shape index (κ3) is 4.95. The van der Waals surface area contributed by atoms with Gasteiger partial charge in [-0.3, -0.25) is 9.97 Å². The fourth-order valence-corrected chi connectivity index (χ4v) is 1.79. The molecule has 0 N–H and O–H groups in total. The van der Waals surface area contributed by atoms with Crippen molar-refractivity contribution in [3.05, 3.63) is 79.4 Å². The standard InChI is InChI=1S/C16H11N2.C3H3.Pt/c1-2-7-13(8-3-1)14-10-6-11-16(18-14)15-9-4-5-12-17-15;1-3-2;/h1-7,9-12H;1H3;/q2*-1;+2. The summed E-state index contributed by atoms with van der Waals surface area (Å²) in [6.07, 6.45) is 7.73. The summed E-state index contributed by atoms with van der Waals surface area (Å²) >= 11 is 0. The average molecular weight is 465 g/mol. The van der Waals surface area contributed by atoms with Crippen molar-refractivity contribution in [1.82, 2.24) is 9.97 Å². The topological polar surface area (TPSA) is 25.8 Å². The second kappa shape index (κ2) is 9.66. The minimum absolute atomic E-state index is 0. The van der Waals surface area contributed by atoms with Crippen LogP contribution in [-0.2, 0) is 21.1 Å². The second-order valence-electron chi connectivity index (χ2n) is 4.15. The van der Waals surface area contributed by atoms with E-state index < -0.39 is 0 Å². The molecule has 0 saturated carbocycles. The van der Waals surface area contributed by atoms with Crippen LogP contribution in [0, 0.1) is 18.4 Å². The predicted molar refractivity (Wildman–Crippen MR) is 84.5 cm³/mol. The van der Waals surface area contributed by atoms with Crippen molar-refractivity contribution < 1.29 is 21.1 Å². The van der Waals surface area contributed by atoms with E-state index in [1.54, 1.807) is 13.1 Å². The minimum atomic E-state index is 0. The third-order valence-electron chi connectivity index (χ3n) is 2.66. The third-order valence-corrected chi connectivity index (χ3v) is 2.66. The zero-order chi connectivity index (χ0) is 14.9. The van der Waals surface area contributed by atoms with Crippen LogP contribution in [0.2, 0.25) is 0 Å². The van der Waals surface area contributed by atoms with Crippen molar-refractivity contribution in [2.24, 2.45) is 0 Å². The van der Waals surface area contributed by atoms with Crippen LogP contribution in [0.5, 0.6) is 0 Å². The smallest absolute Gasteiger partial charge is 0.694 e. The number of nitrogens with zero attached hydrogens (tertiary/aromatic N) is 2. The van der Waals surface area contributed by atoms with E-state index in [-0.39, 0.29) is 21.1 Å². The van der Waals surface area contributed by atoms with Gasteiger partial charge < -0.3 is 12.3 Å². The summed E-state index contributed by atoms with van der Waals surface area (Å²) in [5, 5.41) is 0. The molecule has 2 heterocycles. The van der Waals surface area contributed by atoms with E-state index in [4.69, 9.17) is 6.42 Å². The molecule has 3 aromatic rings. The normalized spacial score (nSPS) is 8.73. The van der Waals surface area contributed by atoms with Crippen LogP contribution in [0.3, 0.4) is 0 Å². The van der Waals surface area contributed by atoms with Crippen molar-refractivity contribution in [2.75, 3.05) is 0 Å². The zero-order valence-corrected chi connectivity index (χ0v) is 14.3. The molecule has 0 atom stereocenters. The van der Waals surface area contributed by atoms with Crippen molar-refractivity contribution in [3.8, 4) is 28.6 Å². The Morgan fingerprint density at radius 3 is 2.23 bits per heavy atom. The Balaban J connectivity index is 0.000000562. The minimum Gasteiger partial charge on any atom is -0.694 e. The molecule has 22 heavy (non-hydrogen) atoms. The molecule has 110 valence electrons. The van der Waals surface area contributed by atoms with Gasteiger partial charge in [0.05, 0.1) is 11.4 Å². The molecule has 0 fully saturated rings. The van der Waals surface area contributed by atoms with Crippen molar-refractivity contribution in [1.29, 1.82) is 0 Å². The molecule has 1 aromatic carbocycles. The van der Waals surface area contributed by atoms with Crippen LogP contribution >= 0.6 is 0 Å². The molecule has 3 rings (SSSR count). The maximum atomic E-state index is 5.96. The molecule has 2 aromatic heterocycles. The summed E-state index contributed by atoms with van der Waals surface area (Å²) in [5.41, 5.74) is 3.68. The Morgan fingerprint density at radius 1 is 0.909 bits per heavy atom. The quantitative estimate of drug-likeness (QED) is 0.419. The average Bonchev–Trinajstić information content (AvgIpc) is 2.57. The molecule has 0 aliphatic heterocycles. The summed E-state index contributed by atoms with van der Waals surface area (Å²) < 4.78 is 0. The number of benzene rings is 1. The van der Waals surface area contributed by atoms with Crippen LogP contribution in [-0.4, -0.2) is 9.97 Å². The Kier molecular flexibility index (Phi) is 7.82. The van der Waals surface area contributed by atoms with Gasteiger partial charge in [0.15, 0.2) is 0 Å². The van der Waals surface area contributed by atoms with E-state index in [0.717, 1.165) is 22.6 Å². The molecule has 0 radical (unpaired) electrons. The molecule has 0 bridgehead atoms. The Hall–Kier alpha value is -2.23. The molecule has 0 unspecified atom stereocenters. The van der Waals surface area contributed by atoms with E-state index in [1.165, 1.54) is 0 Å². The number of rotatable bonds is 2. The summed E-state index contributed by atoms with van der Waals surface area (Å²) in [6, 6.07) is 22.8. The molecule has 0 aliphatic carbocycles. The summed E-state index contributed by atoms with van der Waals surface area (Å²) in [5.74, 6) is 2.00. The molecule has 2 nitrogen and oxygen atoms in total. The first-order valence-electron chi connectivity index (χ1n) is 6.54. The summed E-state index contributed by atoms with van der Waals surface area (Å²) in [4.78, 5) is 8.93. The fraction of sp³-hybridized carbons (Fsp3) is 0.0526. The molecule has 3 heteroatoms. The molecule has 0 spiro atoms. The van der Waals surface area contributed by atoms with E-state index in [1.807, 2.05) is 66.6 Å². The maximum absolute atomic E-state index is 5.96. The van der Waals surface area contributed by atoms with Gasteiger partial charge in [-0.15, -0.1) is 35.9 Å². The molecular weight excluding hydrogens is 451 g/mol. The van der Waals surface area contributed by atoms with Gasteiger partial charge >= 0.3 is 21.1 Å². The largest absolute Gasteiger partial charge is 2.00 e. The number of hydrogen-bond donors (Lipinski definition) is 0. The van der Waals surface area contributed by atoms with Gasteiger partial charge in [-0.05, 0) is 30.8 Å². The second-order valence-corrected chi connectivity index (χ2v) is 4.15. The Bertz CT molecular complexity index is 664. The fourth-order valence-electron chi connectivity index (χ4n) is 1.79. The molecule has 0 saturated heterocycles. The van der Waals surface area contributed by atoms with Gasteiger partial charge in [-0.2, -0.15) is 0 Å². The van der Waals surface area contributed by atoms with Gasteiger partial charge in [0, 0.05) is 6.20 Å². The molecule has 0 amide bonds. The first-order chi connectivity index (χ1) is 10.3. The molecule has 0 aliphatic rings. The Labute approximate surface area is 145 Å². The first-order valence-corrected chi connectivity index (χ1v) is 6.54.